The first kappa shape index (κ1) is 17.0. The minimum absolute atomic E-state index is 0.00590. The van der Waals surface area contributed by atoms with Gasteiger partial charge in [-0.25, -0.2) is 9.67 Å². The molecule has 9 heteroatoms. The Hall–Kier alpha value is -3.10. The largest absolute Gasteiger partial charge is 0.333 e. The van der Waals surface area contributed by atoms with E-state index in [0.29, 0.717) is 34.4 Å². The van der Waals surface area contributed by atoms with Gasteiger partial charge in [-0.3, -0.25) is 14.2 Å². The minimum atomic E-state index is -2.79. The summed E-state index contributed by atoms with van der Waals surface area (Å²) in [5, 5.41) is 4.27. The molecule has 0 aliphatic carbocycles. The molecule has 2 aromatic heterocycles. The second kappa shape index (κ2) is 6.22. The highest BCUT2D eigenvalue weighted by atomic mass is 19.3. The maximum atomic E-state index is 13.0. The molecule has 0 saturated carbocycles. The average molecular weight is 385 g/mol. The van der Waals surface area contributed by atoms with Crippen LogP contribution in [0.2, 0.25) is 0 Å². The Morgan fingerprint density at radius 3 is 2.71 bits per heavy atom. The van der Waals surface area contributed by atoms with E-state index in [9.17, 15) is 18.4 Å². The lowest BCUT2D eigenvalue weighted by molar-refractivity contribution is 0.0541. The topological polar surface area (TPSA) is 73.0 Å². The maximum Gasteiger partial charge on any atom is 0.333 e. The van der Waals surface area contributed by atoms with E-state index < -0.39 is 6.55 Å². The Balaban J connectivity index is 1.53. The highest BCUT2D eigenvalue weighted by Crippen LogP contribution is 2.32. The van der Waals surface area contributed by atoms with Crippen LogP contribution < -0.4 is 5.56 Å². The number of benzene rings is 1. The molecular formula is C19H17F2N5O2. The van der Waals surface area contributed by atoms with Gasteiger partial charge < -0.3 is 4.90 Å². The van der Waals surface area contributed by atoms with Gasteiger partial charge in [0.25, 0.3) is 11.5 Å². The molecule has 1 saturated heterocycles. The summed E-state index contributed by atoms with van der Waals surface area (Å²) >= 11 is 0. The van der Waals surface area contributed by atoms with Crippen LogP contribution in [0.4, 0.5) is 8.78 Å². The lowest BCUT2D eigenvalue weighted by Crippen LogP contribution is -2.42. The van der Waals surface area contributed by atoms with Crippen LogP contribution in [0, 0.1) is 0 Å². The quantitative estimate of drug-likeness (QED) is 0.678. The molecule has 2 bridgehead atoms. The summed E-state index contributed by atoms with van der Waals surface area (Å²) in [5.41, 5.74) is 0.529. The predicted octanol–water partition coefficient (Wildman–Crippen LogP) is 2.22. The van der Waals surface area contributed by atoms with Crippen LogP contribution in [0.15, 0.2) is 41.3 Å². The van der Waals surface area contributed by atoms with E-state index in [1.165, 1.54) is 6.07 Å². The Morgan fingerprint density at radius 2 is 1.93 bits per heavy atom. The number of hydrogen-bond acceptors (Lipinski definition) is 4. The molecule has 3 aromatic rings. The van der Waals surface area contributed by atoms with E-state index in [1.54, 1.807) is 27.7 Å². The minimum Gasteiger partial charge on any atom is -0.329 e. The number of aromatic nitrogens is 4. The van der Waals surface area contributed by atoms with Crippen LogP contribution in [0.25, 0.3) is 10.9 Å². The van der Waals surface area contributed by atoms with E-state index in [1.807, 2.05) is 6.07 Å². The molecule has 28 heavy (non-hydrogen) atoms. The molecule has 4 heterocycles. The van der Waals surface area contributed by atoms with E-state index in [2.05, 4.69) is 10.1 Å². The van der Waals surface area contributed by atoms with Crippen LogP contribution in [-0.2, 0) is 13.0 Å². The fourth-order valence-corrected chi connectivity index (χ4v) is 4.35. The molecular weight excluding hydrogens is 368 g/mol. The zero-order valence-corrected chi connectivity index (χ0v) is 14.8. The summed E-state index contributed by atoms with van der Waals surface area (Å²) in [4.78, 5) is 32.3. The van der Waals surface area contributed by atoms with Crippen molar-refractivity contribution in [2.45, 2.75) is 44.4 Å². The number of amides is 1. The van der Waals surface area contributed by atoms with Crippen molar-refractivity contribution >= 4 is 16.8 Å². The molecule has 5 rings (SSSR count). The Labute approximate surface area is 158 Å². The van der Waals surface area contributed by atoms with Crippen molar-refractivity contribution in [3.63, 3.8) is 0 Å². The number of halogens is 2. The predicted molar refractivity (Wildman–Crippen MR) is 96.2 cm³/mol. The molecule has 2 aliphatic rings. The summed E-state index contributed by atoms with van der Waals surface area (Å²) < 4.78 is 27.7. The number of rotatable bonds is 2. The number of nitrogens with zero attached hydrogens (tertiary/aromatic N) is 5. The van der Waals surface area contributed by atoms with Crippen LogP contribution in [0.1, 0.15) is 35.7 Å². The van der Waals surface area contributed by atoms with Crippen molar-refractivity contribution in [1.82, 2.24) is 24.2 Å². The zero-order valence-electron chi connectivity index (χ0n) is 14.8. The molecule has 0 N–H and O–H groups in total. The fourth-order valence-electron chi connectivity index (χ4n) is 4.35. The molecule has 1 amide bonds. The number of para-hydroxylation sites is 1. The smallest absolute Gasteiger partial charge is 0.329 e. The van der Waals surface area contributed by atoms with Crippen molar-refractivity contribution in [3.05, 3.63) is 58.4 Å². The molecule has 144 valence electrons. The van der Waals surface area contributed by atoms with E-state index in [-0.39, 0.29) is 29.2 Å². The van der Waals surface area contributed by atoms with Gasteiger partial charge in [-0.15, -0.1) is 0 Å². The van der Waals surface area contributed by atoms with Gasteiger partial charge >= 0.3 is 6.55 Å². The molecule has 0 unspecified atom stereocenters. The average Bonchev–Trinajstić information content (AvgIpc) is 3.27. The van der Waals surface area contributed by atoms with Crippen molar-refractivity contribution in [2.75, 3.05) is 0 Å². The second-order valence-electron chi connectivity index (χ2n) is 7.22. The SMILES string of the molecule is O=C(c1ccn(C(F)F)n1)N1[C@H]2CC[C@H]1Cn1c(nc3ccccc3c1=O)C2. The van der Waals surface area contributed by atoms with Gasteiger partial charge in [0.05, 0.1) is 16.9 Å². The number of carbonyl (C=O) groups is 1. The van der Waals surface area contributed by atoms with Crippen LogP contribution in [0.3, 0.4) is 0 Å². The van der Waals surface area contributed by atoms with Gasteiger partial charge in [0.1, 0.15) is 5.82 Å². The number of hydrogen-bond donors (Lipinski definition) is 0. The monoisotopic (exact) mass is 385 g/mol. The molecule has 0 radical (unpaired) electrons. The van der Waals surface area contributed by atoms with E-state index in [4.69, 9.17) is 0 Å². The van der Waals surface area contributed by atoms with Crippen LogP contribution in [-0.4, -0.2) is 42.2 Å². The van der Waals surface area contributed by atoms with Gasteiger partial charge in [0, 0.05) is 25.2 Å². The third-order valence-corrected chi connectivity index (χ3v) is 5.63. The van der Waals surface area contributed by atoms with Crippen molar-refractivity contribution in [1.29, 1.82) is 0 Å². The summed E-state index contributed by atoms with van der Waals surface area (Å²) in [6.07, 6.45) is 3.10. The van der Waals surface area contributed by atoms with Crippen molar-refractivity contribution in [3.8, 4) is 0 Å². The summed E-state index contributed by atoms with van der Waals surface area (Å²) in [5.74, 6) is 0.282. The number of alkyl halides is 2. The molecule has 2 aliphatic heterocycles. The first-order valence-corrected chi connectivity index (χ1v) is 9.17. The third kappa shape index (κ3) is 2.53. The normalized spacial score (nSPS) is 21.2. The zero-order chi connectivity index (χ0) is 19.4. The first-order valence-electron chi connectivity index (χ1n) is 9.17. The molecule has 1 aromatic carbocycles. The number of carbonyl (C=O) groups excluding carboxylic acids is 1. The van der Waals surface area contributed by atoms with Gasteiger partial charge in [0.15, 0.2) is 5.69 Å². The highest BCUT2D eigenvalue weighted by Gasteiger charge is 2.41. The Bertz CT molecular complexity index is 1140. The molecule has 0 spiro atoms. The fraction of sp³-hybridized carbons (Fsp3) is 0.368. The summed E-state index contributed by atoms with van der Waals surface area (Å²) in [6, 6.07) is 8.19. The van der Waals surface area contributed by atoms with Crippen molar-refractivity contribution in [2.24, 2.45) is 0 Å². The lowest BCUT2D eigenvalue weighted by Gasteiger charge is -2.27. The summed E-state index contributed by atoms with van der Waals surface area (Å²) in [6.45, 7) is -2.44. The summed E-state index contributed by atoms with van der Waals surface area (Å²) in [7, 11) is 0. The standard InChI is InChI=1S/C19H17F2N5O2/c20-19(21)25-8-7-15(23-25)18(28)26-11-5-6-12(26)10-24-16(9-11)22-14-4-2-1-3-13(14)17(24)27/h1-4,7-8,11-12,19H,5-6,9-10H2/t11-,12-/m0/s1. The van der Waals surface area contributed by atoms with Crippen LogP contribution >= 0.6 is 0 Å². The van der Waals surface area contributed by atoms with Gasteiger partial charge in [0.2, 0.25) is 0 Å². The van der Waals surface area contributed by atoms with Crippen molar-refractivity contribution < 1.29 is 13.6 Å². The first-order chi connectivity index (χ1) is 13.5. The second-order valence-corrected chi connectivity index (χ2v) is 7.22. The third-order valence-electron chi connectivity index (χ3n) is 5.63. The Morgan fingerprint density at radius 1 is 1.14 bits per heavy atom. The van der Waals surface area contributed by atoms with Gasteiger partial charge in [-0.05, 0) is 31.0 Å². The van der Waals surface area contributed by atoms with E-state index in [0.717, 1.165) is 19.0 Å². The Kier molecular flexibility index (Phi) is 3.78. The van der Waals surface area contributed by atoms with Crippen LogP contribution in [0.5, 0.6) is 0 Å². The number of fused-ring (bicyclic) bond motifs is 4. The van der Waals surface area contributed by atoms with Gasteiger partial charge in [-0.2, -0.15) is 13.9 Å². The molecule has 1 fully saturated rings. The maximum absolute atomic E-state index is 13.0. The van der Waals surface area contributed by atoms with Gasteiger partial charge in [-0.1, -0.05) is 12.1 Å². The molecule has 7 nitrogen and oxygen atoms in total. The lowest BCUT2D eigenvalue weighted by atomic mass is 10.1. The van der Waals surface area contributed by atoms with E-state index >= 15 is 0 Å². The molecule has 2 atom stereocenters. The highest BCUT2D eigenvalue weighted by molar-refractivity contribution is 5.93.